The van der Waals surface area contributed by atoms with E-state index < -0.39 is 0 Å². The van der Waals surface area contributed by atoms with E-state index in [4.69, 9.17) is 9.72 Å². The van der Waals surface area contributed by atoms with Gasteiger partial charge in [0.05, 0.1) is 11.0 Å². The summed E-state index contributed by atoms with van der Waals surface area (Å²) in [7, 11) is 0. The van der Waals surface area contributed by atoms with Gasteiger partial charge in [-0.05, 0) is 42.7 Å². The number of rotatable bonds is 3. The van der Waals surface area contributed by atoms with E-state index in [-0.39, 0.29) is 11.9 Å². The predicted octanol–water partition coefficient (Wildman–Crippen LogP) is 4.08. The quantitative estimate of drug-likeness (QED) is 0.728. The van der Waals surface area contributed by atoms with E-state index in [2.05, 4.69) is 10.6 Å². The summed E-state index contributed by atoms with van der Waals surface area (Å²) in [5.74, 6) is 0.765. The van der Waals surface area contributed by atoms with Gasteiger partial charge < -0.3 is 9.30 Å². The highest BCUT2D eigenvalue weighted by molar-refractivity contribution is 5.76. The van der Waals surface area contributed by atoms with Crippen molar-refractivity contribution in [3.8, 4) is 0 Å². The van der Waals surface area contributed by atoms with E-state index in [1.807, 2.05) is 30.3 Å². The van der Waals surface area contributed by atoms with Crippen molar-refractivity contribution in [1.82, 2.24) is 9.55 Å². The molecule has 22 heavy (non-hydrogen) atoms. The van der Waals surface area contributed by atoms with Crippen molar-refractivity contribution in [2.24, 2.45) is 0 Å². The van der Waals surface area contributed by atoms with Gasteiger partial charge in [0.2, 0.25) is 0 Å². The lowest BCUT2D eigenvalue weighted by Gasteiger charge is -2.13. The van der Waals surface area contributed by atoms with Crippen molar-refractivity contribution in [3.63, 3.8) is 0 Å². The standard InChI is InChI=1S/C18H17FN2O/c19-14-9-7-13(8-10-14)12-21-16-5-2-1-4-15(16)20-18(21)17-6-3-11-22-17/h1-2,4-5,7-10,17H,3,6,11-12H2/t17-/m0/s1. The Bertz CT molecular complexity index is 788. The summed E-state index contributed by atoms with van der Waals surface area (Å²) in [5, 5.41) is 0. The third-order valence-corrected chi connectivity index (χ3v) is 4.16. The fraction of sp³-hybridized carbons (Fsp3) is 0.278. The minimum atomic E-state index is -0.210. The van der Waals surface area contributed by atoms with Crippen LogP contribution < -0.4 is 0 Å². The number of hydrogen-bond donors (Lipinski definition) is 0. The van der Waals surface area contributed by atoms with E-state index in [0.29, 0.717) is 6.54 Å². The summed E-state index contributed by atoms with van der Waals surface area (Å²) < 4.78 is 21.1. The zero-order chi connectivity index (χ0) is 14.9. The van der Waals surface area contributed by atoms with Crippen molar-refractivity contribution < 1.29 is 9.13 Å². The van der Waals surface area contributed by atoms with Gasteiger partial charge in [-0.2, -0.15) is 0 Å². The molecule has 112 valence electrons. The van der Waals surface area contributed by atoms with Crippen LogP contribution in [0, 0.1) is 5.82 Å². The van der Waals surface area contributed by atoms with Gasteiger partial charge in [-0.1, -0.05) is 24.3 Å². The second kappa shape index (κ2) is 5.54. The minimum Gasteiger partial charge on any atom is -0.370 e. The lowest BCUT2D eigenvalue weighted by atomic mass is 10.2. The first kappa shape index (κ1) is 13.5. The molecule has 4 heteroatoms. The van der Waals surface area contributed by atoms with E-state index >= 15 is 0 Å². The van der Waals surface area contributed by atoms with Gasteiger partial charge in [-0.3, -0.25) is 0 Å². The highest BCUT2D eigenvalue weighted by Crippen LogP contribution is 2.31. The molecule has 0 N–H and O–H groups in total. The van der Waals surface area contributed by atoms with Crippen LogP contribution in [0.3, 0.4) is 0 Å². The molecule has 2 heterocycles. The number of imidazole rings is 1. The molecular formula is C18H17FN2O. The van der Waals surface area contributed by atoms with Gasteiger partial charge in [-0.25, -0.2) is 9.37 Å². The van der Waals surface area contributed by atoms with Gasteiger partial charge in [0.25, 0.3) is 0 Å². The fourth-order valence-corrected chi connectivity index (χ4v) is 3.06. The Labute approximate surface area is 128 Å². The molecule has 2 aromatic carbocycles. The molecule has 1 atom stereocenters. The van der Waals surface area contributed by atoms with Crippen LogP contribution in [0.4, 0.5) is 4.39 Å². The number of aromatic nitrogens is 2. The zero-order valence-corrected chi connectivity index (χ0v) is 12.2. The molecule has 0 unspecified atom stereocenters. The highest BCUT2D eigenvalue weighted by atomic mass is 19.1. The molecule has 0 saturated carbocycles. The third kappa shape index (κ3) is 2.40. The minimum absolute atomic E-state index is 0.0628. The molecule has 0 amide bonds. The molecule has 0 aliphatic carbocycles. The highest BCUT2D eigenvalue weighted by Gasteiger charge is 2.24. The van der Waals surface area contributed by atoms with Gasteiger partial charge in [0, 0.05) is 13.2 Å². The smallest absolute Gasteiger partial charge is 0.139 e. The second-order valence-electron chi connectivity index (χ2n) is 5.67. The van der Waals surface area contributed by atoms with Crippen LogP contribution in [0.25, 0.3) is 11.0 Å². The van der Waals surface area contributed by atoms with E-state index in [1.165, 1.54) is 12.1 Å². The number of halogens is 1. The molecular weight excluding hydrogens is 279 g/mol. The molecule has 1 saturated heterocycles. The topological polar surface area (TPSA) is 27.1 Å². The van der Waals surface area contributed by atoms with Crippen LogP contribution in [0.2, 0.25) is 0 Å². The molecule has 3 aromatic rings. The molecule has 1 aliphatic heterocycles. The molecule has 1 aliphatic rings. The monoisotopic (exact) mass is 296 g/mol. The molecule has 0 bridgehead atoms. The van der Waals surface area contributed by atoms with Crippen LogP contribution in [-0.4, -0.2) is 16.2 Å². The number of ether oxygens (including phenoxy) is 1. The first-order valence-electron chi connectivity index (χ1n) is 7.62. The fourth-order valence-electron chi connectivity index (χ4n) is 3.06. The normalized spacial score (nSPS) is 18.1. The van der Waals surface area contributed by atoms with Gasteiger partial charge in [0.15, 0.2) is 0 Å². The van der Waals surface area contributed by atoms with Crippen LogP contribution in [0.1, 0.15) is 30.3 Å². The lowest BCUT2D eigenvalue weighted by Crippen LogP contribution is -2.09. The van der Waals surface area contributed by atoms with Crippen LogP contribution >= 0.6 is 0 Å². The van der Waals surface area contributed by atoms with Gasteiger partial charge in [-0.15, -0.1) is 0 Å². The van der Waals surface area contributed by atoms with Gasteiger partial charge >= 0.3 is 0 Å². The maximum Gasteiger partial charge on any atom is 0.139 e. The third-order valence-electron chi connectivity index (χ3n) is 4.16. The van der Waals surface area contributed by atoms with E-state index in [0.717, 1.165) is 41.9 Å². The number of para-hydroxylation sites is 2. The largest absolute Gasteiger partial charge is 0.370 e. The zero-order valence-electron chi connectivity index (χ0n) is 12.2. The van der Waals surface area contributed by atoms with Crippen molar-refractivity contribution in [2.75, 3.05) is 6.61 Å². The van der Waals surface area contributed by atoms with E-state index in [1.54, 1.807) is 0 Å². The number of fused-ring (bicyclic) bond motifs is 1. The summed E-state index contributed by atoms with van der Waals surface area (Å²) in [6.45, 7) is 1.47. The Morgan fingerprint density at radius 1 is 1.14 bits per heavy atom. The van der Waals surface area contributed by atoms with Crippen molar-refractivity contribution >= 4 is 11.0 Å². The summed E-state index contributed by atoms with van der Waals surface area (Å²) in [4.78, 5) is 4.77. The lowest BCUT2D eigenvalue weighted by molar-refractivity contribution is 0.103. The van der Waals surface area contributed by atoms with E-state index in [9.17, 15) is 4.39 Å². The van der Waals surface area contributed by atoms with Crippen molar-refractivity contribution in [1.29, 1.82) is 0 Å². The number of nitrogens with zero attached hydrogens (tertiary/aromatic N) is 2. The molecule has 1 fully saturated rings. The maximum absolute atomic E-state index is 13.1. The Hall–Kier alpha value is -2.20. The van der Waals surface area contributed by atoms with Crippen molar-refractivity contribution in [3.05, 3.63) is 65.7 Å². The molecule has 1 aromatic heterocycles. The van der Waals surface area contributed by atoms with Gasteiger partial charge in [0.1, 0.15) is 17.7 Å². The number of benzene rings is 2. The average Bonchev–Trinajstić information content (AvgIpc) is 3.18. The molecule has 0 spiro atoms. The Balaban J connectivity index is 1.79. The summed E-state index contributed by atoms with van der Waals surface area (Å²) >= 11 is 0. The summed E-state index contributed by atoms with van der Waals surface area (Å²) in [6.07, 6.45) is 2.14. The first-order valence-corrected chi connectivity index (χ1v) is 7.62. The molecule has 3 nitrogen and oxygen atoms in total. The second-order valence-corrected chi connectivity index (χ2v) is 5.67. The SMILES string of the molecule is Fc1ccc(Cn2c([C@@H]3CCCO3)nc3ccccc32)cc1. The Morgan fingerprint density at radius 2 is 1.95 bits per heavy atom. The molecule has 4 rings (SSSR count). The number of hydrogen-bond acceptors (Lipinski definition) is 2. The molecule has 0 radical (unpaired) electrons. The Morgan fingerprint density at radius 3 is 2.73 bits per heavy atom. The average molecular weight is 296 g/mol. The predicted molar refractivity (Wildman–Crippen MR) is 83.2 cm³/mol. The maximum atomic E-state index is 13.1. The Kier molecular flexibility index (Phi) is 3.39. The van der Waals surface area contributed by atoms with Crippen molar-refractivity contribution in [2.45, 2.75) is 25.5 Å². The summed E-state index contributed by atoms with van der Waals surface area (Å²) in [5.41, 5.74) is 3.14. The van der Waals surface area contributed by atoms with Crippen LogP contribution in [0.15, 0.2) is 48.5 Å². The van der Waals surface area contributed by atoms with Crippen LogP contribution in [0.5, 0.6) is 0 Å². The summed E-state index contributed by atoms with van der Waals surface area (Å²) in [6, 6.07) is 14.8. The first-order chi connectivity index (χ1) is 10.8. The van der Waals surface area contributed by atoms with Crippen LogP contribution in [-0.2, 0) is 11.3 Å².